The van der Waals surface area contributed by atoms with Crippen LogP contribution in [0.25, 0.3) is 4.85 Å². The second kappa shape index (κ2) is 6.19. The fourth-order valence-electron chi connectivity index (χ4n) is 6.19. The van der Waals surface area contributed by atoms with Gasteiger partial charge in [0.25, 0.3) is 0 Å². The van der Waals surface area contributed by atoms with Crippen molar-refractivity contribution in [1.29, 1.82) is 0 Å². The molecule has 0 aromatic carbocycles. The lowest BCUT2D eigenvalue weighted by atomic mass is 9.43. The highest BCUT2D eigenvalue weighted by atomic mass is 16.1. The molecule has 0 amide bonds. The van der Waals surface area contributed by atoms with E-state index in [-0.39, 0.29) is 34.0 Å². The number of carbonyl (C=O) groups is 2. The van der Waals surface area contributed by atoms with E-state index in [0.29, 0.717) is 12.3 Å². The van der Waals surface area contributed by atoms with Crippen molar-refractivity contribution < 1.29 is 9.59 Å². The van der Waals surface area contributed by atoms with Gasteiger partial charge in [-0.3, -0.25) is 4.79 Å². The molecule has 3 nitrogen and oxygen atoms in total. The number of unbranched alkanes of at least 4 members (excludes halogenated alkanes) is 1. The van der Waals surface area contributed by atoms with E-state index in [9.17, 15) is 9.59 Å². The fourth-order valence-corrected chi connectivity index (χ4v) is 6.19. The molecule has 3 aliphatic rings. The minimum absolute atomic E-state index is 0.00552. The first kappa shape index (κ1) is 19.1. The average molecular weight is 354 g/mol. The van der Waals surface area contributed by atoms with Crippen molar-refractivity contribution in [2.24, 2.45) is 28.1 Å². The molecule has 0 saturated heterocycles. The number of fused-ring (bicyclic) bond motifs is 3. The molecule has 0 unspecified atom stereocenters. The van der Waals surface area contributed by atoms with Crippen molar-refractivity contribution >= 4 is 11.6 Å². The number of hydrogen-bond donors (Lipinski definition) is 0. The Morgan fingerprint density at radius 2 is 1.92 bits per heavy atom. The molecule has 1 saturated carbocycles. The molecule has 26 heavy (non-hydrogen) atoms. The number of ketones is 2. The molecule has 0 aromatic rings. The zero-order valence-corrected chi connectivity index (χ0v) is 16.8. The highest BCUT2D eigenvalue weighted by Gasteiger charge is 2.60. The molecule has 0 N–H and O–H groups in total. The third-order valence-corrected chi connectivity index (χ3v) is 7.68. The standard InChI is InChI=1S/C23H31NO2/c1-7-8-9-15-12-16(25)13-19-22(15,4)11-10-18-21(2,3)20(26)17(24-6)14-23(18,19)5/h13-15,18H,7-12H2,1-5H3/t15-,18+,22+,23+/m1/s1. The Hall–Kier alpha value is -1.69. The quantitative estimate of drug-likeness (QED) is 0.626. The summed E-state index contributed by atoms with van der Waals surface area (Å²) >= 11 is 0. The topological polar surface area (TPSA) is 38.5 Å². The first-order chi connectivity index (χ1) is 12.1. The lowest BCUT2D eigenvalue weighted by molar-refractivity contribution is -0.131. The van der Waals surface area contributed by atoms with Gasteiger partial charge in [-0.25, -0.2) is 4.85 Å². The lowest BCUT2D eigenvalue weighted by Gasteiger charge is -2.60. The third kappa shape index (κ3) is 2.53. The Balaban J connectivity index is 2.16. The van der Waals surface area contributed by atoms with Crippen LogP contribution in [-0.4, -0.2) is 11.6 Å². The zero-order chi connectivity index (χ0) is 19.3. The number of hydrogen-bond acceptors (Lipinski definition) is 2. The summed E-state index contributed by atoms with van der Waals surface area (Å²) in [7, 11) is 0. The number of nitrogens with zero attached hydrogens (tertiary/aromatic N) is 1. The molecule has 3 rings (SSSR count). The maximum Gasteiger partial charge on any atom is 0.226 e. The van der Waals surface area contributed by atoms with Crippen LogP contribution in [0.2, 0.25) is 0 Å². The molecule has 1 fully saturated rings. The molecule has 3 heteroatoms. The van der Waals surface area contributed by atoms with E-state index in [1.807, 2.05) is 26.0 Å². The molecule has 140 valence electrons. The van der Waals surface area contributed by atoms with Gasteiger partial charge in [-0.15, -0.1) is 0 Å². The van der Waals surface area contributed by atoms with Gasteiger partial charge in [-0.2, -0.15) is 0 Å². The minimum atomic E-state index is -0.565. The largest absolute Gasteiger partial charge is 0.307 e. The average Bonchev–Trinajstić information content (AvgIpc) is 2.57. The van der Waals surface area contributed by atoms with E-state index in [2.05, 4.69) is 25.6 Å². The van der Waals surface area contributed by atoms with Crippen molar-refractivity contribution in [3.8, 4) is 0 Å². The summed E-state index contributed by atoms with van der Waals surface area (Å²) in [4.78, 5) is 29.0. The number of Topliss-reactive ketones (excluding diaryl/α,β-unsaturated/α-hetero) is 1. The molecule has 0 heterocycles. The van der Waals surface area contributed by atoms with Crippen molar-refractivity contribution in [2.45, 2.75) is 73.1 Å². The van der Waals surface area contributed by atoms with Crippen LogP contribution in [0.4, 0.5) is 0 Å². The summed E-state index contributed by atoms with van der Waals surface area (Å²) in [5.74, 6) is 0.695. The van der Waals surface area contributed by atoms with Gasteiger partial charge in [0.15, 0.2) is 11.6 Å². The summed E-state index contributed by atoms with van der Waals surface area (Å²) in [5, 5.41) is 0. The molecular weight excluding hydrogens is 322 g/mol. The Morgan fingerprint density at radius 3 is 2.54 bits per heavy atom. The molecule has 0 bridgehead atoms. The summed E-state index contributed by atoms with van der Waals surface area (Å²) in [6.45, 7) is 18.1. The normalized spacial score (nSPS) is 38.6. The molecule has 0 spiro atoms. The predicted molar refractivity (Wildman–Crippen MR) is 103 cm³/mol. The smallest absolute Gasteiger partial charge is 0.226 e. The fraction of sp³-hybridized carbons (Fsp3) is 0.696. The summed E-state index contributed by atoms with van der Waals surface area (Å²) in [6, 6.07) is 0. The Kier molecular flexibility index (Phi) is 4.54. The molecular formula is C23H31NO2. The van der Waals surface area contributed by atoms with Crippen LogP contribution in [-0.2, 0) is 9.59 Å². The highest BCUT2D eigenvalue weighted by molar-refractivity contribution is 6.03. The van der Waals surface area contributed by atoms with Gasteiger partial charge in [0.2, 0.25) is 5.70 Å². The van der Waals surface area contributed by atoms with Crippen LogP contribution in [0.15, 0.2) is 23.4 Å². The van der Waals surface area contributed by atoms with Crippen LogP contribution >= 0.6 is 0 Å². The van der Waals surface area contributed by atoms with Crippen LogP contribution in [0.3, 0.4) is 0 Å². The van der Waals surface area contributed by atoms with Gasteiger partial charge in [0.1, 0.15) is 0 Å². The summed E-state index contributed by atoms with van der Waals surface area (Å²) < 4.78 is 0. The Labute approximate surface area is 157 Å². The minimum Gasteiger partial charge on any atom is -0.307 e. The first-order valence-electron chi connectivity index (χ1n) is 10.0. The van der Waals surface area contributed by atoms with E-state index < -0.39 is 5.41 Å². The van der Waals surface area contributed by atoms with Crippen LogP contribution in [0, 0.1) is 34.7 Å². The summed E-state index contributed by atoms with van der Waals surface area (Å²) in [6.07, 6.45) is 9.79. The van der Waals surface area contributed by atoms with Crippen LogP contribution in [0.5, 0.6) is 0 Å². The number of rotatable bonds is 3. The SMILES string of the molecule is [C-]#[N+]C1=C[C@]2(C)C3=CC(=O)C[C@@H](CCCC)[C@]3(C)CC[C@H]2C(C)(C)C1=O. The van der Waals surface area contributed by atoms with Gasteiger partial charge >= 0.3 is 0 Å². The Bertz CT molecular complexity index is 751. The van der Waals surface area contributed by atoms with E-state index >= 15 is 0 Å². The van der Waals surface area contributed by atoms with Crippen molar-refractivity contribution in [2.75, 3.05) is 0 Å². The highest BCUT2D eigenvalue weighted by Crippen LogP contribution is 2.65. The van der Waals surface area contributed by atoms with Gasteiger partial charge in [0, 0.05) is 17.3 Å². The maximum atomic E-state index is 12.8. The first-order valence-corrected chi connectivity index (χ1v) is 10.0. The van der Waals surface area contributed by atoms with Gasteiger partial charge in [-0.05, 0) is 42.6 Å². The number of carbonyl (C=O) groups excluding carboxylic acids is 2. The van der Waals surface area contributed by atoms with E-state index in [0.717, 1.165) is 32.1 Å². The second-order valence-electron chi connectivity index (χ2n) is 9.55. The molecule has 0 radical (unpaired) electrons. The van der Waals surface area contributed by atoms with Crippen molar-refractivity contribution in [3.63, 3.8) is 0 Å². The lowest BCUT2D eigenvalue weighted by Crippen LogP contribution is -2.55. The van der Waals surface area contributed by atoms with E-state index in [1.54, 1.807) is 0 Å². The maximum absolute atomic E-state index is 12.8. The van der Waals surface area contributed by atoms with Gasteiger partial charge < -0.3 is 4.79 Å². The third-order valence-electron chi connectivity index (χ3n) is 7.68. The zero-order valence-electron chi connectivity index (χ0n) is 16.8. The molecule has 4 atom stereocenters. The molecule has 0 aliphatic heterocycles. The van der Waals surface area contributed by atoms with Crippen LogP contribution in [0.1, 0.15) is 73.1 Å². The monoisotopic (exact) mass is 353 g/mol. The molecule has 0 aromatic heterocycles. The predicted octanol–water partition coefficient (Wildman–Crippen LogP) is 5.53. The van der Waals surface area contributed by atoms with Gasteiger partial charge in [0.05, 0.1) is 6.57 Å². The van der Waals surface area contributed by atoms with Crippen molar-refractivity contribution in [1.82, 2.24) is 0 Å². The van der Waals surface area contributed by atoms with Gasteiger partial charge in [-0.1, -0.05) is 59.1 Å². The Morgan fingerprint density at radius 1 is 1.23 bits per heavy atom. The van der Waals surface area contributed by atoms with Crippen LogP contribution < -0.4 is 0 Å². The van der Waals surface area contributed by atoms with E-state index in [1.165, 1.54) is 5.57 Å². The molecule has 3 aliphatic carbocycles. The summed E-state index contributed by atoms with van der Waals surface area (Å²) in [5.41, 5.74) is 0.479. The second-order valence-corrected chi connectivity index (χ2v) is 9.55. The number of allylic oxidation sites excluding steroid dienone is 4. The van der Waals surface area contributed by atoms with Crippen molar-refractivity contribution in [3.05, 3.63) is 34.8 Å². The van der Waals surface area contributed by atoms with E-state index in [4.69, 9.17) is 6.57 Å².